The maximum absolute atomic E-state index is 5.79. The summed E-state index contributed by atoms with van der Waals surface area (Å²) in [5.41, 5.74) is 2.64. The number of ether oxygens (including phenoxy) is 1. The number of nitrogens with zero attached hydrogens (tertiary/aromatic N) is 1. The van der Waals surface area contributed by atoms with Crippen molar-refractivity contribution < 1.29 is 4.74 Å². The zero-order chi connectivity index (χ0) is 13.1. The summed E-state index contributed by atoms with van der Waals surface area (Å²) in [6, 6.07) is 17.1. The minimum absolute atomic E-state index is 0.765. The quantitative estimate of drug-likeness (QED) is 0.753. The molecule has 1 aliphatic heterocycles. The second kappa shape index (κ2) is 5.92. The van der Waals surface area contributed by atoms with Gasteiger partial charge >= 0.3 is 0 Å². The molecule has 0 fully saturated rings. The van der Waals surface area contributed by atoms with Crippen molar-refractivity contribution in [1.29, 1.82) is 0 Å². The van der Waals surface area contributed by atoms with Gasteiger partial charge in [0.15, 0.2) is 0 Å². The summed E-state index contributed by atoms with van der Waals surface area (Å²) in [6.45, 7) is 3.68. The Bertz CT molecular complexity index is 553. The fourth-order valence-electron chi connectivity index (χ4n) is 2.36. The molecule has 0 aliphatic carbocycles. The Morgan fingerprint density at radius 2 is 1.84 bits per heavy atom. The third-order valence-corrected chi connectivity index (χ3v) is 4.07. The Morgan fingerprint density at radius 3 is 2.68 bits per heavy atom. The molecule has 0 saturated carbocycles. The van der Waals surface area contributed by atoms with Crippen LogP contribution in [-0.4, -0.2) is 18.1 Å². The number of fused-ring (bicyclic) bond motifs is 1. The van der Waals surface area contributed by atoms with Crippen molar-refractivity contribution in [3.63, 3.8) is 0 Å². The second-order valence-electron chi connectivity index (χ2n) is 4.79. The van der Waals surface area contributed by atoms with Crippen molar-refractivity contribution in [2.45, 2.75) is 13.1 Å². The highest BCUT2D eigenvalue weighted by Crippen LogP contribution is 2.23. The van der Waals surface area contributed by atoms with Gasteiger partial charge in [-0.2, -0.15) is 0 Å². The molecule has 0 amide bonds. The van der Waals surface area contributed by atoms with Crippen molar-refractivity contribution >= 4 is 22.6 Å². The molecule has 1 aliphatic rings. The molecule has 0 radical (unpaired) electrons. The third-order valence-electron chi connectivity index (χ3n) is 3.35. The monoisotopic (exact) mass is 365 g/mol. The fraction of sp³-hybridized carbons (Fsp3) is 0.250. The molecule has 0 N–H and O–H groups in total. The fourth-order valence-corrected chi connectivity index (χ4v) is 2.72. The lowest BCUT2D eigenvalue weighted by Gasteiger charge is -2.19. The van der Waals surface area contributed by atoms with Gasteiger partial charge in [-0.05, 0) is 46.4 Å². The van der Waals surface area contributed by atoms with Crippen LogP contribution in [0.3, 0.4) is 0 Å². The first-order valence-corrected chi connectivity index (χ1v) is 7.57. The first-order chi connectivity index (χ1) is 9.31. The average molecular weight is 365 g/mol. The van der Waals surface area contributed by atoms with Gasteiger partial charge in [-0.15, -0.1) is 0 Å². The molecular formula is C16H16INO. The van der Waals surface area contributed by atoms with E-state index in [-0.39, 0.29) is 0 Å². The van der Waals surface area contributed by atoms with Gasteiger partial charge in [0, 0.05) is 28.8 Å². The van der Waals surface area contributed by atoms with Crippen LogP contribution in [-0.2, 0) is 13.1 Å². The molecule has 2 aromatic carbocycles. The second-order valence-corrected chi connectivity index (χ2v) is 6.04. The van der Waals surface area contributed by atoms with Crippen LogP contribution in [0.25, 0.3) is 0 Å². The topological polar surface area (TPSA) is 12.5 Å². The molecule has 0 bridgehead atoms. The normalized spacial score (nSPS) is 15.4. The van der Waals surface area contributed by atoms with Crippen LogP contribution >= 0.6 is 22.6 Å². The van der Waals surface area contributed by atoms with E-state index in [9.17, 15) is 0 Å². The minimum Gasteiger partial charge on any atom is -0.492 e. The molecule has 1 heterocycles. The Labute approximate surface area is 127 Å². The lowest BCUT2D eigenvalue weighted by atomic mass is 10.1. The van der Waals surface area contributed by atoms with E-state index in [2.05, 4.69) is 70.0 Å². The summed E-state index contributed by atoms with van der Waals surface area (Å²) >= 11 is 2.34. The first-order valence-electron chi connectivity index (χ1n) is 6.49. The number of hydrogen-bond donors (Lipinski definition) is 0. The Hall–Kier alpha value is -1.07. The van der Waals surface area contributed by atoms with Gasteiger partial charge < -0.3 is 4.74 Å². The van der Waals surface area contributed by atoms with E-state index in [0.29, 0.717) is 0 Å². The average Bonchev–Trinajstić information content (AvgIpc) is 2.63. The Kier molecular flexibility index (Phi) is 4.03. The number of rotatable bonds is 2. The van der Waals surface area contributed by atoms with Gasteiger partial charge in [0.1, 0.15) is 12.4 Å². The van der Waals surface area contributed by atoms with Crippen molar-refractivity contribution in [2.75, 3.05) is 13.2 Å². The zero-order valence-corrected chi connectivity index (χ0v) is 12.8. The summed E-state index contributed by atoms with van der Waals surface area (Å²) in [5.74, 6) is 1.03. The highest BCUT2D eigenvalue weighted by Gasteiger charge is 2.14. The third kappa shape index (κ3) is 3.28. The maximum atomic E-state index is 5.79. The molecule has 2 aromatic rings. The van der Waals surface area contributed by atoms with Crippen molar-refractivity contribution in [1.82, 2.24) is 4.90 Å². The van der Waals surface area contributed by atoms with Crippen LogP contribution in [0.1, 0.15) is 11.1 Å². The van der Waals surface area contributed by atoms with Crippen molar-refractivity contribution in [3.8, 4) is 5.75 Å². The molecule has 0 atom stereocenters. The lowest BCUT2D eigenvalue weighted by molar-refractivity contribution is 0.219. The SMILES string of the molecule is Ic1ccc(CN2CCOc3ccccc3C2)cc1. The molecule has 0 unspecified atom stereocenters. The number of benzene rings is 2. The van der Waals surface area contributed by atoms with Gasteiger partial charge in [-0.3, -0.25) is 4.90 Å². The highest BCUT2D eigenvalue weighted by molar-refractivity contribution is 14.1. The van der Waals surface area contributed by atoms with Gasteiger partial charge in [0.25, 0.3) is 0 Å². The minimum atomic E-state index is 0.765. The molecule has 2 nitrogen and oxygen atoms in total. The lowest BCUT2D eigenvalue weighted by Crippen LogP contribution is -2.25. The maximum Gasteiger partial charge on any atom is 0.123 e. The van der Waals surface area contributed by atoms with Crippen LogP contribution in [0.15, 0.2) is 48.5 Å². The number of halogens is 1. The van der Waals surface area contributed by atoms with Gasteiger partial charge in [-0.1, -0.05) is 30.3 Å². The first kappa shape index (κ1) is 12.9. The zero-order valence-electron chi connectivity index (χ0n) is 10.7. The number of para-hydroxylation sites is 1. The standard InChI is InChI=1S/C16H16INO/c17-15-7-5-13(6-8-15)11-18-9-10-19-16-4-2-1-3-14(16)12-18/h1-8H,9-12H2. The smallest absolute Gasteiger partial charge is 0.123 e. The molecule has 0 spiro atoms. The summed E-state index contributed by atoms with van der Waals surface area (Å²) in [4.78, 5) is 2.44. The molecule has 98 valence electrons. The predicted molar refractivity (Wildman–Crippen MR) is 85.2 cm³/mol. The van der Waals surface area contributed by atoms with E-state index < -0.39 is 0 Å². The molecule has 3 heteroatoms. The van der Waals surface area contributed by atoms with Crippen LogP contribution in [0, 0.1) is 3.57 Å². The predicted octanol–water partition coefficient (Wildman–Crippen LogP) is 3.69. The molecule has 3 rings (SSSR count). The Morgan fingerprint density at radius 1 is 1.05 bits per heavy atom. The number of hydrogen-bond acceptors (Lipinski definition) is 2. The van der Waals surface area contributed by atoms with Crippen LogP contribution in [0.5, 0.6) is 5.75 Å². The van der Waals surface area contributed by atoms with Crippen molar-refractivity contribution in [2.24, 2.45) is 0 Å². The Balaban J connectivity index is 1.74. The van der Waals surface area contributed by atoms with Crippen LogP contribution in [0.2, 0.25) is 0 Å². The molecule has 0 aromatic heterocycles. The van der Waals surface area contributed by atoms with Crippen molar-refractivity contribution in [3.05, 3.63) is 63.2 Å². The molecule has 19 heavy (non-hydrogen) atoms. The van der Waals surface area contributed by atoms with E-state index in [1.807, 2.05) is 6.07 Å². The van der Waals surface area contributed by atoms with Gasteiger partial charge in [0.2, 0.25) is 0 Å². The van der Waals surface area contributed by atoms with Gasteiger partial charge in [0.05, 0.1) is 0 Å². The summed E-state index contributed by atoms with van der Waals surface area (Å²) in [5, 5.41) is 0. The van der Waals surface area contributed by atoms with E-state index in [0.717, 1.165) is 32.0 Å². The van der Waals surface area contributed by atoms with Gasteiger partial charge in [-0.25, -0.2) is 0 Å². The largest absolute Gasteiger partial charge is 0.492 e. The molecular weight excluding hydrogens is 349 g/mol. The van der Waals surface area contributed by atoms with Crippen LogP contribution < -0.4 is 4.74 Å². The summed E-state index contributed by atoms with van der Waals surface area (Å²) < 4.78 is 7.08. The summed E-state index contributed by atoms with van der Waals surface area (Å²) in [6.07, 6.45) is 0. The van der Waals surface area contributed by atoms with Crippen LogP contribution in [0.4, 0.5) is 0 Å². The molecule has 0 saturated heterocycles. The van der Waals surface area contributed by atoms with E-state index >= 15 is 0 Å². The summed E-state index contributed by atoms with van der Waals surface area (Å²) in [7, 11) is 0. The van der Waals surface area contributed by atoms with E-state index in [4.69, 9.17) is 4.74 Å². The van der Waals surface area contributed by atoms with E-state index in [1.54, 1.807) is 0 Å². The highest BCUT2D eigenvalue weighted by atomic mass is 127. The van der Waals surface area contributed by atoms with E-state index in [1.165, 1.54) is 14.7 Å².